The molecule has 0 heterocycles. The normalized spacial score (nSPS) is 9.68. The molecule has 0 unspecified atom stereocenters. The van der Waals surface area contributed by atoms with Gasteiger partial charge in [-0.1, -0.05) is 12.1 Å². The molecule has 2 aromatic rings. The molecule has 19 heavy (non-hydrogen) atoms. The summed E-state index contributed by atoms with van der Waals surface area (Å²) in [7, 11) is 0. The van der Waals surface area contributed by atoms with E-state index in [1.54, 1.807) is 12.1 Å². The molecule has 0 aliphatic rings. The van der Waals surface area contributed by atoms with Gasteiger partial charge in [-0.15, -0.1) is 0 Å². The highest BCUT2D eigenvalue weighted by atomic mass is 19.1. The minimum atomic E-state index is -0.837. The second-order valence-corrected chi connectivity index (χ2v) is 3.59. The van der Waals surface area contributed by atoms with Crippen LogP contribution in [0.25, 0.3) is 0 Å². The quantitative estimate of drug-likeness (QED) is 0.624. The minimum absolute atomic E-state index is 0.159. The van der Waals surface area contributed by atoms with Crippen molar-refractivity contribution in [2.24, 2.45) is 0 Å². The van der Waals surface area contributed by atoms with E-state index in [-0.39, 0.29) is 5.75 Å². The first kappa shape index (κ1) is 12.5. The van der Waals surface area contributed by atoms with E-state index < -0.39 is 22.2 Å². The first-order valence-corrected chi connectivity index (χ1v) is 5.22. The summed E-state index contributed by atoms with van der Waals surface area (Å²) in [5.74, 6) is -1.15. The second-order valence-electron chi connectivity index (χ2n) is 3.59. The van der Waals surface area contributed by atoms with Crippen molar-refractivity contribution in [2.45, 2.75) is 0 Å². The molecule has 2 rings (SSSR count). The molecular weight excluding hydrogens is 251 g/mol. The molecule has 0 bridgehead atoms. The third kappa shape index (κ3) is 2.66. The van der Waals surface area contributed by atoms with Gasteiger partial charge in [-0.05, 0) is 24.3 Å². The van der Waals surface area contributed by atoms with Gasteiger partial charge in [0.1, 0.15) is 5.75 Å². The molecule has 6 heteroatoms. The van der Waals surface area contributed by atoms with E-state index in [9.17, 15) is 14.5 Å². The van der Waals surface area contributed by atoms with E-state index >= 15 is 0 Å². The van der Waals surface area contributed by atoms with Crippen LogP contribution in [0.15, 0.2) is 42.5 Å². The average Bonchev–Trinajstić information content (AvgIpc) is 2.41. The van der Waals surface area contributed by atoms with Crippen molar-refractivity contribution in [1.82, 2.24) is 0 Å². The standard InChI is InChI=1S/C13H7FN2O3/c14-11-5-2-6-12(16(17)18)13(11)19-10-4-1-3-9(7-10)8-15/h1-7H. The number of nitro groups is 1. The number of hydrogen-bond donors (Lipinski definition) is 0. The molecule has 5 nitrogen and oxygen atoms in total. The molecule has 0 saturated heterocycles. The van der Waals surface area contributed by atoms with E-state index in [1.807, 2.05) is 6.07 Å². The Hall–Kier alpha value is -2.94. The van der Waals surface area contributed by atoms with E-state index in [4.69, 9.17) is 10.00 Å². The first-order valence-electron chi connectivity index (χ1n) is 5.22. The minimum Gasteiger partial charge on any atom is -0.447 e. The summed E-state index contributed by atoms with van der Waals surface area (Å²) < 4.78 is 18.8. The molecule has 0 fully saturated rings. The van der Waals surface area contributed by atoms with Crippen LogP contribution in [0.3, 0.4) is 0 Å². The number of nitrogens with zero attached hydrogens (tertiary/aromatic N) is 2. The van der Waals surface area contributed by atoms with Crippen molar-refractivity contribution >= 4 is 5.69 Å². The van der Waals surface area contributed by atoms with Gasteiger partial charge < -0.3 is 4.74 Å². The smallest absolute Gasteiger partial charge is 0.314 e. The topological polar surface area (TPSA) is 76.2 Å². The third-order valence-electron chi connectivity index (χ3n) is 2.33. The van der Waals surface area contributed by atoms with Crippen LogP contribution in [-0.2, 0) is 0 Å². The van der Waals surface area contributed by atoms with E-state index in [1.165, 1.54) is 18.2 Å². The summed E-state index contributed by atoms with van der Waals surface area (Å²) in [6, 6.07) is 11.3. The van der Waals surface area contributed by atoms with Crippen molar-refractivity contribution in [1.29, 1.82) is 5.26 Å². The molecule has 2 aromatic carbocycles. The summed E-state index contributed by atoms with van der Waals surface area (Å²) >= 11 is 0. The lowest BCUT2D eigenvalue weighted by Crippen LogP contribution is -1.96. The number of para-hydroxylation sites is 1. The molecule has 94 valence electrons. The predicted molar refractivity (Wildman–Crippen MR) is 64.3 cm³/mol. The van der Waals surface area contributed by atoms with Crippen molar-refractivity contribution in [3.05, 3.63) is 64.0 Å². The fourth-order valence-corrected chi connectivity index (χ4v) is 1.49. The lowest BCUT2D eigenvalue weighted by atomic mass is 10.2. The van der Waals surface area contributed by atoms with Gasteiger partial charge in [0.2, 0.25) is 5.75 Å². The maximum atomic E-state index is 13.6. The van der Waals surface area contributed by atoms with Crippen LogP contribution in [0.5, 0.6) is 11.5 Å². The van der Waals surface area contributed by atoms with Gasteiger partial charge in [-0.2, -0.15) is 5.26 Å². The van der Waals surface area contributed by atoms with Crippen LogP contribution < -0.4 is 4.74 Å². The summed E-state index contributed by atoms with van der Waals surface area (Å²) in [4.78, 5) is 10.1. The summed E-state index contributed by atoms with van der Waals surface area (Å²) in [6.45, 7) is 0. The Labute approximate surface area is 107 Å². The van der Waals surface area contributed by atoms with Gasteiger partial charge in [-0.3, -0.25) is 10.1 Å². The van der Waals surface area contributed by atoms with Crippen LogP contribution in [0.2, 0.25) is 0 Å². The van der Waals surface area contributed by atoms with Crippen LogP contribution in [0.1, 0.15) is 5.56 Å². The highest BCUT2D eigenvalue weighted by molar-refractivity contribution is 5.50. The van der Waals surface area contributed by atoms with Crippen molar-refractivity contribution in [3.63, 3.8) is 0 Å². The maximum Gasteiger partial charge on any atom is 0.314 e. The molecular formula is C13H7FN2O3. The van der Waals surface area contributed by atoms with Crippen LogP contribution in [-0.4, -0.2) is 4.92 Å². The SMILES string of the molecule is N#Cc1cccc(Oc2c(F)cccc2[N+](=O)[O-])c1. The fraction of sp³-hybridized carbons (Fsp3) is 0. The molecule has 0 radical (unpaired) electrons. The number of nitriles is 1. The lowest BCUT2D eigenvalue weighted by Gasteiger charge is -2.07. The first-order chi connectivity index (χ1) is 9.11. The molecule has 0 aliphatic carbocycles. The Morgan fingerprint density at radius 2 is 2.00 bits per heavy atom. The zero-order valence-electron chi connectivity index (χ0n) is 9.54. The second kappa shape index (κ2) is 5.14. The molecule has 0 saturated carbocycles. The van der Waals surface area contributed by atoms with Gasteiger partial charge in [0.05, 0.1) is 16.6 Å². The number of rotatable bonds is 3. The summed E-state index contributed by atoms with van der Waals surface area (Å²) in [5, 5.41) is 19.5. The lowest BCUT2D eigenvalue weighted by molar-refractivity contribution is -0.385. The van der Waals surface area contributed by atoms with Crippen molar-refractivity contribution in [3.8, 4) is 17.6 Å². The molecule has 0 aliphatic heterocycles. The van der Waals surface area contributed by atoms with Crippen LogP contribution >= 0.6 is 0 Å². The highest BCUT2D eigenvalue weighted by Gasteiger charge is 2.20. The Kier molecular flexibility index (Phi) is 3.39. The van der Waals surface area contributed by atoms with Gasteiger partial charge in [0.15, 0.2) is 5.82 Å². The van der Waals surface area contributed by atoms with Gasteiger partial charge >= 0.3 is 5.69 Å². The Bertz CT molecular complexity index is 680. The fourth-order valence-electron chi connectivity index (χ4n) is 1.49. The monoisotopic (exact) mass is 258 g/mol. The Balaban J connectivity index is 2.43. The van der Waals surface area contributed by atoms with Crippen LogP contribution in [0, 0.1) is 27.3 Å². The number of nitro benzene ring substituents is 1. The van der Waals surface area contributed by atoms with Crippen LogP contribution in [0.4, 0.5) is 10.1 Å². The largest absolute Gasteiger partial charge is 0.447 e. The van der Waals surface area contributed by atoms with E-state index in [0.717, 1.165) is 12.1 Å². The third-order valence-corrected chi connectivity index (χ3v) is 2.33. The summed E-state index contributed by atoms with van der Waals surface area (Å²) in [6.07, 6.45) is 0. The van der Waals surface area contributed by atoms with E-state index in [0.29, 0.717) is 5.56 Å². The molecule has 0 N–H and O–H groups in total. The zero-order valence-corrected chi connectivity index (χ0v) is 9.54. The number of halogens is 1. The number of ether oxygens (including phenoxy) is 1. The number of benzene rings is 2. The van der Waals surface area contributed by atoms with Crippen molar-refractivity contribution < 1.29 is 14.1 Å². The number of hydrogen-bond acceptors (Lipinski definition) is 4. The van der Waals surface area contributed by atoms with Gasteiger partial charge in [-0.25, -0.2) is 4.39 Å². The Morgan fingerprint density at radius 1 is 1.26 bits per heavy atom. The zero-order chi connectivity index (χ0) is 13.8. The Morgan fingerprint density at radius 3 is 2.68 bits per heavy atom. The molecule has 0 aromatic heterocycles. The predicted octanol–water partition coefficient (Wildman–Crippen LogP) is 3.40. The maximum absolute atomic E-state index is 13.6. The highest BCUT2D eigenvalue weighted by Crippen LogP contribution is 2.33. The average molecular weight is 258 g/mol. The molecule has 0 amide bonds. The van der Waals surface area contributed by atoms with Gasteiger partial charge in [0, 0.05) is 6.07 Å². The molecule has 0 spiro atoms. The van der Waals surface area contributed by atoms with E-state index in [2.05, 4.69) is 0 Å². The van der Waals surface area contributed by atoms with Gasteiger partial charge in [0.25, 0.3) is 0 Å². The summed E-state index contributed by atoms with van der Waals surface area (Å²) in [5.41, 5.74) is -0.154. The molecule has 0 atom stereocenters. The van der Waals surface area contributed by atoms with Crippen molar-refractivity contribution in [2.75, 3.05) is 0 Å².